The summed E-state index contributed by atoms with van der Waals surface area (Å²) in [6.07, 6.45) is 1.65. The van der Waals surface area contributed by atoms with Crippen molar-refractivity contribution < 1.29 is 14.4 Å². The van der Waals surface area contributed by atoms with Crippen molar-refractivity contribution >= 4 is 69.1 Å². The highest BCUT2D eigenvalue weighted by Crippen LogP contribution is 2.32. The molecule has 5 aromatic rings. The number of nitrogens with one attached hydrogen (secondary N) is 3. The van der Waals surface area contributed by atoms with Gasteiger partial charge in [-0.25, -0.2) is 4.98 Å². The fourth-order valence-corrected chi connectivity index (χ4v) is 6.62. The molecular formula is C34H30N4O3S3. The molecule has 0 aliphatic carbocycles. The summed E-state index contributed by atoms with van der Waals surface area (Å²) in [4.78, 5) is 46.6. The number of thioether (sulfide) groups is 1. The van der Waals surface area contributed by atoms with Crippen LogP contribution in [-0.4, -0.2) is 28.0 Å². The van der Waals surface area contributed by atoms with Crippen LogP contribution >= 0.6 is 34.4 Å². The van der Waals surface area contributed by atoms with Gasteiger partial charge in [-0.15, -0.1) is 34.4 Å². The van der Waals surface area contributed by atoms with Gasteiger partial charge in [-0.1, -0.05) is 60.2 Å². The first-order chi connectivity index (χ1) is 21.2. The van der Waals surface area contributed by atoms with Crippen molar-refractivity contribution in [3.63, 3.8) is 0 Å². The highest BCUT2D eigenvalue weighted by Gasteiger charge is 2.19. The first-order valence-corrected chi connectivity index (χ1v) is 16.4. The maximum absolute atomic E-state index is 13.3. The molecule has 0 radical (unpaired) electrons. The zero-order valence-corrected chi connectivity index (χ0v) is 26.7. The average Bonchev–Trinajstić information content (AvgIpc) is 3.67. The van der Waals surface area contributed by atoms with Crippen molar-refractivity contribution in [2.24, 2.45) is 0 Å². The number of anilines is 2. The first-order valence-electron chi connectivity index (χ1n) is 13.8. The number of amides is 3. The lowest BCUT2D eigenvalue weighted by Gasteiger charge is -2.13. The maximum Gasteiger partial charge on any atom is 0.272 e. The van der Waals surface area contributed by atoms with Crippen molar-refractivity contribution in [2.45, 2.75) is 30.9 Å². The molecule has 44 heavy (non-hydrogen) atoms. The third-order valence-corrected chi connectivity index (χ3v) is 9.28. The smallest absolute Gasteiger partial charge is 0.272 e. The molecule has 2 aromatic heterocycles. The minimum Gasteiger partial charge on any atom is -0.321 e. The molecule has 7 nitrogen and oxygen atoms in total. The Morgan fingerprint density at radius 2 is 1.66 bits per heavy atom. The van der Waals surface area contributed by atoms with Gasteiger partial charge in [0, 0.05) is 31.5 Å². The minimum absolute atomic E-state index is 0.121. The van der Waals surface area contributed by atoms with Crippen molar-refractivity contribution in [2.75, 3.05) is 10.6 Å². The molecule has 0 aliphatic heterocycles. The van der Waals surface area contributed by atoms with Crippen LogP contribution in [0.2, 0.25) is 0 Å². The van der Waals surface area contributed by atoms with E-state index in [0.717, 1.165) is 25.9 Å². The van der Waals surface area contributed by atoms with Gasteiger partial charge in [0.1, 0.15) is 5.70 Å². The number of aromatic nitrogens is 1. The number of rotatable bonds is 10. The number of aryl methyl sites for hydroxylation is 2. The summed E-state index contributed by atoms with van der Waals surface area (Å²) in [5.74, 6) is -1.01. The van der Waals surface area contributed by atoms with Crippen LogP contribution in [0, 0.1) is 13.8 Å². The molecule has 0 fully saturated rings. The number of thiazole rings is 1. The highest BCUT2D eigenvalue weighted by molar-refractivity contribution is 8.00. The monoisotopic (exact) mass is 638 g/mol. The molecule has 0 bridgehead atoms. The van der Waals surface area contributed by atoms with Gasteiger partial charge in [-0.2, -0.15) is 0 Å². The molecule has 0 aliphatic rings. The lowest BCUT2D eigenvalue weighted by Crippen LogP contribution is -2.30. The Labute approximate surface area is 268 Å². The molecule has 5 rings (SSSR count). The Balaban J connectivity index is 1.24. The molecule has 0 saturated heterocycles. The summed E-state index contributed by atoms with van der Waals surface area (Å²) in [5.41, 5.74) is 4.16. The second-order valence-corrected chi connectivity index (χ2v) is 13.5. The minimum atomic E-state index is -0.459. The highest BCUT2D eigenvalue weighted by atomic mass is 32.2. The summed E-state index contributed by atoms with van der Waals surface area (Å²) in [5, 5.41) is 10.6. The van der Waals surface area contributed by atoms with Crippen LogP contribution in [0.25, 0.3) is 17.3 Å². The van der Waals surface area contributed by atoms with Crippen molar-refractivity contribution in [1.82, 2.24) is 10.3 Å². The third-order valence-electron chi connectivity index (χ3n) is 6.48. The summed E-state index contributed by atoms with van der Waals surface area (Å²) in [7, 11) is 0. The lowest BCUT2D eigenvalue weighted by molar-refractivity contribution is -0.115. The van der Waals surface area contributed by atoms with Gasteiger partial charge in [-0.05, 0) is 68.6 Å². The van der Waals surface area contributed by atoms with Gasteiger partial charge in [0.05, 0.1) is 10.9 Å². The molecule has 10 heteroatoms. The summed E-state index contributed by atoms with van der Waals surface area (Å²) in [6.45, 7) is 5.86. The van der Waals surface area contributed by atoms with Crippen molar-refractivity contribution in [3.8, 4) is 11.3 Å². The van der Waals surface area contributed by atoms with E-state index in [-0.39, 0.29) is 17.5 Å². The van der Waals surface area contributed by atoms with E-state index >= 15 is 0 Å². The van der Waals surface area contributed by atoms with Crippen molar-refractivity contribution in [3.05, 3.63) is 123 Å². The normalized spacial score (nSPS) is 11.9. The third kappa shape index (κ3) is 8.10. The van der Waals surface area contributed by atoms with E-state index in [0.29, 0.717) is 16.4 Å². The molecule has 222 valence electrons. The van der Waals surface area contributed by atoms with E-state index in [1.165, 1.54) is 40.0 Å². The van der Waals surface area contributed by atoms with Crippen LogP contribution in [0.5, 0.6) is 0 Å². The molecule has 3 aromatic carbocycles. The van der Waals surface area contributed by atoms with Crippen LogP contribution in [0.1, 0.15) is 32.6 Å². The molecule has 3 N–H and O–H groups in total. The molecule has 0 saturated carbocycles. The average molecular weight is 639 g/mol. The quantitative estimate of drug-likeness (QED) is 0.106. The van der Waals surface area contributed by atoms with E-state index in [9.17, 15) is 14.4 Å². The van der Waals surface area contributed by atoms with Crippen LogP contribution in [0.15, 0.2) is 107 Å². The van der Waals surface area contributed by atoms with Gasteiger partial charge in [-0.3, -0.25) is 14.4 Å². The maximum atomic E-state index is 13.3. The number of nitrogens with zero attached hydrogens (tertiary/aromatic N) is 1. The summed E-state index contributed by atoms with van der Waals surface area (Å²) >= 11 is 4.28. The van der Waals surface area contributed by atoms with E-state index < -0.39 is 11.2 Å². The van der Waals surface area contributed by atoms with E-state index in [4.69, 9.17) is 0 Å². The second-order valence-electron chi connectivity index (χ2n) is 9.91. The van der Waals surface area contributed by atoms with Gasteiger partial charge in [0.15, 0.2) is 5.13 Å². The number of thiophene rings is 1. The van der Waals surface area contributed by atoms with Crippen LogP contribution < -0.4 is 16.0 Å². The van der Waals surface area contributed by atoms with Crippen molar-refractivity contribution in [1.29, 1.82) is 0 Å². The Morgan fingerprint density at radius 1 is 0.886 bits per heavy atom. The largest absolute Gasteiger partial charge is 0.321 e. The summed E-state index contributed by atoms with van der Waals surface area (Å²) < 4.78 is 0. The second kappa shape index (κ2) is 14.3. The topological polar surface area (TPSA) is 100 Å². The molecule has 3 amide bonds. The Morgan fingerprint density at radius 3 is 2.39 bits per heavy atom. The Bertz CT molecular complexity index is 1800. The predicted molar refractivity (Wildman–Crippen MR) is 182 cm³/mol. The van der Waals surface area contributed by atoms with Gasteiger partial charge >= 0.3 is 0 Å². The van der Waals surface area contributed by atoms with Crippen LogP contribution in [0.3, 0.4) is 0 Å². The van der Waals surface area contributed by atoms with Gasteiger partial charge in [0.25, 0.3) is 11.8 Å². The molecular weight excluding hydrogens is 609 g/mol. The van der Waals surface area contributed by atoms with Gasteiger partial charge < -0.3 is 16.0 Å². The number of carbonyl (C=O) groups excluding carboxylic acids is 3. The van der Waals surface area contributed by atoms with E-state index in [2.05, 4.69) is 20.9 Å². The lowest BCUT2D eigenvalue weighted by atomic mass is 10.1. The standard InChI is InChI=1S/C34H30N4O3S3/c1-21-14-16-24(17-15-21)30-22(2)44-34(37-30)38-31(39)23(3)43-28-12-7-11-26(19-28)35-33(41)29(20-27-13-8-18-42-27)36-32(40)25-9-5-4-6-10-25/h4-20,23H,1-3H3,(H,35,41)(H,36,40)(H,37,38,39)/b29-20-. The number of hydrogen-bond donors (Lipinski definition) is 3. The number of carbonyl (C=O) groups is 3. The van der Waals surface area contributed by atoms with E-state index in [1.54, 1.807) is 42.5 Å². The Kier molecular flexibility index (Phi) is 10.1. The molecule has 2 heterocycles. The zero-order valence-electron chi connectivity index (χ0n) is 24.3. The van der Waals surface area contributed by atoms with Gasteiger partial charge in [0.2, 0.25) is 5.91 Å². The predicted octanol–water partition coefficient (Wildman–Crippen LogP) is 8.02. The molecule has 0 spiro atoms. The molecule has 1 atom stereocenters. The number of benzene rings is 3. The fraction of sp³-hybridized carbons (Fsp3) is 0.118. The fourth-order valence-electron chi connectivity index (χ4n) is 4.20. The number of hydrogen-bond acceptors (Lipinski definition) is 7. The van der Waals surface area contributed by atoms with E-state index in [1.807, 2.05) is 80.7 Å². The first kappa shape index (κ1) is 30.9. The zero-order chi connectivity index (χ0) is 31.1. The SMILES string of the molecule is Cc1ccc(-c2nc(NC(=O)C(C)Sc3cccc(NC(=O)/C(=C/c4cccs4)NC(=O)c4ccccc4)c3)sc2C)cc1. The Hall–Kier alpha value is -4.51. The summed E-state index contributed by atoms with van der Waals surface area (Å²) in [6, 6.07) is 27.9. The molecule has 1 unspecified atom stereocenters. The van der Waals surface area contributed by atoms with Crippen LogP contribution in [-0.2, 0) is 9.59 Å². The van der Waals surface area contributed by atoms with Crippen LogP contribution in [0.4, 0.5) is 10.8 Å².